The third kappa shape index (κ3) is 4.94. The van der Waals surface area contributed by atoms with Crippen LogP contribution in [0.25, 0.3) is 11.2 Å². The average Bonchev–Trinajstić information content (AvgIpc) is 3.54. The molecular weight excluding hydrogens is 496 g/mol. The number of carbonyl (C=O) groups is 2. The topological polar surface area (TPSA) is 139 Å². The molecule has 1 aliphatic carbocycles. The van der Waals surface area contributed by atoms with Gasteiger partial charge in [0.1, 0.15) is 17.3 Å². The molecule has 0 aromatic carbocycles. The van der Waals surface area contributed by atoms with Crippen LogP contribution in [0.2, 0.25) is 5.02 Å². The Morgan fingerprint density at radius 2 is 1.89 bits per heavy atom. The largest absolute Gasteiger partial charge is 0.475 e. The Morgan fingerprint density at radius 3 is 2.70 bits per heavy atom. The van der Waals surface area contributed by atoms with Crippen LogP contribution >= 0.6 is 11.6 Å². The second-order valence-electron chi connectivity index (χ2n) is 8.91. The lowest BCUT2D eigenvalue weighted by Crippen LogP contribution is -2.18. The molecule has 0 atom stereocenters. The first-order valence-electron chi connectivity index (χ1n) is 11.7. The van der Waals surface area contributed by atoms with Crippen molar-refractivity contribution < 1.29 is 14.7 Å². The molecular formula is C25H21ClN8O3. The zero-order valence-electron chi connectivity index (χ0n) is 19.4. The van der Waals surface area contributed by atoms with E-state index in [0.717, 1.165) is 11.3 Å². The molecule has 0 saturated heterocycles. The summed E-state index contributed by atoms with van der Waals surface area (Å²) in [4.78, 5) is 41.2. The van der Waals surface area contributed by atoms with Gasteiger partial charge in [-0.1, -0.05) is 17.7 Å². The van der Waals surface area contributed by atoms with Gasteiger partial charge < -0.3 is 24.5 Å². The fourth-order valence-corrected chi connectivity index (χ4v) is 4.33. The van der Waals surface area contributed by atoms with Crippen LogP contribution in [0.1, 0.15) is 46.3 Å². The summed E-state index contributed by atoms with van der Waals surface area (Å²) in [5, 5.41) is 15.7. The van der Waals surface area contributed by atoms with Crippen LogP contribution < -0.4 is 10.6 Å². The maximum atomic E-state index is 12.7. The van der Waals surface area contributed by atoms with Crippen molar-refractivity contribution in [2.75, 3.05) is 10.6 Å². The molecule has 0 spiro atoms. The molecule has 5 heterocycles. The number of halogens is 1. The van der Waals surface area contributed by atoms with Crippen molar-refractivity contribution in [1.29, 1.82) is 0 Å². The summed E-state index contributed by atoms with van der Waals surface area (Å²) >= 11 is 6.07. The van der Waals surface area contributed by atoms with Gasteiger partial charge in [0.05, 0.1) is 36.2 Å². The van der Waals surface area contributed by atoms with E-state index in [1.807, 2.05) is 16.7 Å². The first kappa shape index (κ1) is 22.9. The second-order valence-corrected chi connectivity index (χ2v) is 9.35. The van der Waals surface area contributed by atoms with E-state index < -0.39 is 17.7 Å². The summed E-state index contributed by atoms with van der Waals surface area (Å²) in [5.74, 6) is -1.21. The van der Waals surface area contributed by atoms with Gasteiger partial charge in [0.25, 0.3) is 0 Å². The Labute approximate surface area is 215 Å². The molecule has 0 unspecified atom stereocenters. The molecule has 1 saturated carbocycles. The third-order valence-corrected chi connectivity index (χ3v) is 6.35. The molecule has 5 aromatic heterocycles. The van der Waals surface area contributed by atoms with Crippen LogP contribution in [0.3, 0.4) is 0 Å². The number of hydrogen-bond donors (Lipinski definition) is 3. The number of hydrogen-bond acceptors (Lipinski definition) is 7. The number of nitrogens with one attached hydrogen (secondary N) is 2. The maximum absolute atomic E-state index is 12.7. The number of carboxylic acids is 1. The lowest BCUT2D eigenvalue weighted by Gasteiger charge is -2.09. The van der Waals surface area contributed by atoms with E-state index in [2.05, 4.69) is 42.8 Å². The van der Waals surface area contributed by atoms with E-state index in [9.17, 15) is 14.7 Å². The summed E-state index contributed by atoms with van der Waals surface area (Å²) < 4.78 is 3.75. The molecule has 0 radical (unpaired) electrons. The van der Waals surface area contributed by atoms with Crippen molar-refractivity contribution >= 4 is 46.3 Å². The number of carbonyl (C=O) groups excluding carboxylic acids is 1. The molecule has 186 valence electrons. The van der Waals surface area contributed by atoms with Crippen LogP contribution in [0.4, 0.5) is 11.6 Å². The SMILES string of the molecule is O=C(Cc1ncn2ccc(Cl)cc12)Nc1cc(NCc2cn3cc(C4CC4)ccc3n2)nc(C(=O)O)n1. The lowest BCUT2D eigenvalue weighted by molar-refractivity contribution is -0.115. The first-order valence-corrected chi connectivity index (χ1v) is 12.0. The number of imidazole rings is 2. The minimum absolute atomic E-state index is 0.0455. The normalized spacial score (nSPS) is 13.2. The van der Waals surface area contributed by atoms with E-state index in [0.29, 0.717) is 28.7 Å². The predicted octanol–water partition coefficient (Wildman–Crippen LogP) is 3.79. The van der Waals surface area contributed by atoms with Gasteiger partial charge in [-0.25, -0.2) is 24.7 Å². The van der Waals surface area contributed by atoms with Gasteiger partial charge >= 0.3 is 5.97 Å². The molecule has 5 aromatic rings. The smallest absolute Gasteiger partial charge is 0.374 e. The van der Waals surface area contributed by atoms with Crippen LogP contribution in [0.15, 0.2) is 55.2 Å². The van der Waals surface area contributed by atoms with Gasteiger partial charge in [0.15, 0.2) is 0 Å². The molecule has 1 aliphatic rings. The quantitative estimate of drug-likeness (QED) is 0.283. The zero-order valence-corrected chi connectivity index (χ0v) is 20.2. The summed E-state index contributed by atoms with van der Waals surface area (Å²) in [6, 6.07) is 9.03. The monoisotopic (exact) mass is 516 g/mol. The highest BCUT2D eigenvalue weighted by molar-refractivity contribution is 6.30. The van der Waals surface area contributed by atoms with E-state index in [1.165, 1.54) is 24.5 Å². The molecule has 3 N–H and O–H groups in total. The number of anilines is 2. The number of nitrogens with zero attached hydrogens (tertiary/aromatic N) is 6. The average molecular weight is 517 g/mol. The standard InChI is InChI=1S/C25H21ClN8O3/c26-16-5-6-33-13-28-18(19(33)7-16)8-23(35)30-21-9-20(31-24(32-21)25(36)37)27-10-17-12-34-11-15(14-1-2-14)3-4-22(34)29-17/h3-7,9,11-14H,1-2,8,10H2,(H,36,37)(H2,27,30,31,32,35). The van der Waals surface area contributed by atoms with E-state index in [1.54, 1.807) is 29.1 Å². The van der Waals surface area contributed by atoms with Crippen molar-refractivity contribution in [3.8, 4) is 0 Å². The summed E-state index contributed by atoms with van der Waals surface area (Å²) in [6.07, 6.45) is 9.77. The van der Waals surface area contributed by atoms with Gasteiger partial charge in [-0.05, 0) is 42.5 Å². The minimum Gasteiger partial charge on any atom is -0.475 e. The first-order chi connectivity index (χ1) is 17.9. The number of fused-ring (bicyclic) bond motifs is 2. The number of pyridine rings is 2. The van der Waals surface area contributed by atoms with Crippen molar-refractivity contribution in [3.63, 3.8) is 0 Å². The fraction of sp³-hybridized carbons (Fsp3) is 0.200. The van der Waals surface area contributed by atoms with Crippen molar-refractivity contribution in [1.82, 2.24) is 28.7 Å². The minimum atomic E-state index is -1.31. The van der Waals surface area contributed by atoms with Crippen LogP contribution in [-0.2, 0) is 17.8 Å². The van der Waals surface area contributed by atoms with Crippen molar-refractivity contribution in [2.45, 2.75) is 31.7 Å². The predicted molar refractivity (Wildman–Crippen MR) is 136 cm³/mol. The van der Waals surface area contributed by atoms with Crippen molar-refractivity contribution in [2.24, 2.45) is 0 Å². The van der Waals surface area contributed by atoms with Crippen LogP contribution in [0, 0.1) is 0 Å². The van der Waals surface area contributed by atoms with Gasteiger partial charge in [-0.15, -0.1) is 0 Å². The second kappa shape index (κ2) is 9.17. The van der Waals surface area contributed by atoms with Crippen molar-refractivity contribution in [3.05, 3.63) is 83.0 Å². The summed E-state index contributed by atoms with van der Waals surface area (Å²) in [6.45, 7) is 0.311. The van der Waals surface area contributed by atoms with E-state index in [-0.39, 0.29) is 18.1 Å². The molecule has 6 rings (SSSR count). The molecule has 12 heteroatoms. The lowest BCUT2D eigenvalue weighted by atomic mass is 10.2. The number of rotatable bonds is 8. The Bertz CT molecular complexity index is 1670. The number of aromatic carboxylic acids is 1. The highest BCUT2D eigenvalue weighted by Gasteiger charge is 2.23. The fourth-order valence-electron chi connectivity index (χ4n) is 4.17. The third-order valence-electron chi connectivity index (χ3n) is 6.12. The van der Waals surface area contributed by atoms with Gasteiger partial charge in [0, 0.05) is 29.7 Å². The number of aromatic nitrogens is 6. The summed E-state index contributed by atoms with van der Waals surface area (Å²) in [7, 11) is 0. The number of amides is 1. The molecule has 37 heavy (non-hydrogen) atoms. The van der Waals surface area contributed by atoms with Crippen LogP contribution in [-0.4, -0.2) is 45.7 Å². The maximum Gasteiger partial charge on any atom is 0.374 e. The summed E-state index contributed by atoms with van der Waals surface area (Å²) in [5.41, 5.74) is 4.13. The van der Waals surface area contributed by atoms with Gasteiger partial charge in [0.2, 0.25) is 11.7 Å². The van der Waals surface area contributed by atoms with E-state index in [4.69, 9.17) is 11.6 Å². The Morgan fingerprint density at radius 1 is 1.05 bits per heavy atom. The van der Waals surface area contributed by atoms with Gasteiger partial charge in [-0.3, -0.25) is 4.79 Å². The van der Waals surface area contributed by atoms with E-state index >= 15 is 0 Å². The molecule has 1 fully saturated rings. The molecule has 0 aliphatic heterocycles. The Hall–Kier alpha value is -4.51. The van der Waals surface area contributed by atoms with Gasteiger partial charge in [-0.2, -0.15) is 0 Å². The Kier molecular flexibility index (Phi) is 5.68. The molecule has 1 amide bonds. The number of carboxylic acid groups (broad SMARTS) is 1. The Balaban J connectivity index is 1.17. The molecule has 11 nitrogen and oxygen atoms in total. The van der Waals surface area contributed by atoms with Crippen LogP contribution in [0.5, 0.6) is 0 Å². The molecule has 0 bridgehead atoms. The highest BCUT2D eigenvalue weighted by Crippen LogP contribution is 2.39. The highest BCUT2D eigenvalue weighted by atomic mass is 35.5. The zero-order chi connectivity index (χ0) is 25.5.